The van der Waals surface area contributed by atoms with E-state index in [0.29, 0.717) is 19.5 Å². The van der Waals surface area contributed by atoms with Gasteiger partial charge >= 0.3 is 0 Å². The molecule has 0 saturated carbocycles. The number of hydrogen-bond acceptors (Lipinski definition) is 6. The van der Waals surface area contributed by atoms with Gasteiger partial charge in [0.1, 0.15) is 11.3 Å². The third-order valence-corrected chi connectivity index (χ3v) is 7.51. The van der Waals surface area contributed by atoms with Crippen molar-refractivity contribution in [2.75, 3.05) is 32.8 Å². The van der Waals surface area contributed by atoms with Gasteiger partial charge in [-0.25, -0.2) is 0 Å². The monoisotopic (exact) mass is 459 g/mol. The SMILES string of the molecule is C=CCCCCN1C[C@H]([N+](=O)[O-])[C@@H](C2(C=C)OCCO2)[C@]2(C[C@@H]3C=CCCCN3C2=O)C1=O. The maximum absolute atomic E-state index is 14.1. The molecule has 0 bridgehead atoms. The number of piperidine rings is 1. The summed E-state index contributed by atoms with van der Waals surface area (Å²) in [5.74, 6) is -3.34. The zero-order valence-corrected chi connectivity index (χ0v) is 19.0. The molecule has 33 heavy (non-hydrogen) atoms. The summed E-state index contributed by atoms with van der Waals surface area (Å²) < 4.78 is 11.8. The van der Waals surface area contributed by atoms with Crippen LogP contribution in [0.25, 0.3) is 0 Å². The lowest BCUT2D eigenvalue weighted by Crippen LogP contribution is -2.69. The first kappa shape index (κ1) is 23.6. The molecule has 1 spiro atoms. The van der Waals surface area contributed by atoms with Crippen molar-refractivity contribution in [3.05, 3.63) is 47.6 Å². The van der Waals surface area contributed by atoms with E-state index >= 15 is 0 Å². The minimum atomic E-state index is -1.63. The van der Waals surface area contributed by atoms with Crippen molar-refractivity contribution in [2.45, 2.75) is 56.4 Å². The van der Waals surface area contributed by atoms with Gasteiger partial charge in [-0.2, -0.15) is 0 Å². The van der Waals surface area contributed by atoms with Crippen LogP contribution in [0.15, 0.2) is 37.5 Å². The van der Waals surface area contributed by atoms with E-state index in [4.69, 9.17) is 9.47 Å². The van der Waals surface area contributed by atoms with Crippen LogP contribution in [0.4, 0.5) is 0 Å². The zero-order chi connectivity index (χ0) is 23.6. The van der Waals surface area contributed by atoms with Crippen molar-refractivity contribution in [1.29, 1.82) is 0 Å². The maximum atomic E-state index is 14.1. The second-order valence-corrected chi connectivity index (χ2v) is 9.30. The van der Waals surface area contributed by atoms with Crippen LogP contribution in [-0.4, -0.2) is 77.3 Å². The van der Waals surface area contributed by atoms with Gasteiger partial charge in [-0.15, -0.1) is 6.58 Å². The summed E-state index contributed by atoms with van der Waals surface area (Å²) in [6.45, 7) is 8.81. The highest BCUT2D eigenvalue weighted by atomic mass is 16.7. The van der Waals surface area contributed by atoms with E-state index in [1.807, 2.05) is 18.2 Å². The number of nitro groups is 1. The van der Waals surface area contributed by atoms with E-state index in [1.54, 1.807) is 4.90 Å². The Kier molecular flexibility index (Phi) is 6.72. The average molecular weight is 460 g/mol. The second-order valence-electron chi connectivity index (χ2n) is 9.30. The predicted octanol–water partition coefficient (Wildman–Crippen LogP) is 2.31. The van der Waals surface area contributed by atoms with Crippen LogP contribution in [0.5, 0.6) is 0 Å². The molecular weight excluding hydrogens is 426 g/mol. The van der Waals surface area contributed by atoms with Crippen molar-refractivity contribution >= 4 is 11.8 Å². The van der Waals surface area contributed by atoms with Gasteiger partial charge in [0.25, 0.3) is 0 Å². The Labute approximate surface area is 194 Å². The number of ether oxygens (including phenoxy) is 2. The van der Waals surface area contributed by atoms with Gasteiger partial charge in [0, 0.05) is 18.0 Å². The van der Waals surface area contributed by atoms with Crippen molar-refractivity contribution in [1.82, 2.24) is 9.80 Å². The molecule has 4 heterocycles. The van der Waals surface area contributed by atoms with E-state index in [2.05, 4.69) is 13.2 Å². The van der Waals surface area contributed by atoms with E-state index in [0.717, 1.165) is 25.7 Å². The fourth-order valence-electron chi connectivity index (χ4n) is 6.06. The van der Waals surface area contributed by atoms with Crippen LogP contribution in [0.2, 0.25) is 0 Å². The molecular formula is C24H33N3O6. The van der Waals surface area contributed by atoms with E-state index < -0.39 is 23.2 Å². The molecule has 0 unspecified atom stereocenters. The quantitative estimate of drug-likeness (QED) is 0.181. The first-order valence-electron chi connectivity index (χ1n) is 11.8. The molecule has 4 aliphatic heterocycles. The number of fused-ring (bicyclic) bond motifs is 1. The lowest BCUT2D eigenvalue weighted by atomic mass is 9.62. The maximum Gasteiger partial charge on any atom is 0.240 e. The highest BCUT2D eigenvalue weighted by Gasteiger charge is 2.73. The molecule has 180 valence electrons. The summed E-state index contributed by atoms with van der Waals surface area (Å²) in [4.78, 5) is 43.4. The van der Waals surface area contributed by atoms with E-state index in [1.165, 1.54) is 11.0 Å². The summed E-state index contributed by atoms with van der Waals surface area (Å²) in [6, 6.07) is -1.49. The minimum absolute atomic E-state index is 0.0809. The van der Waals surface area contributed by atoms with Crippen LogP contribution in [0, 0.1) is 21.4 Å². The predicted molar refractivity (Wildman–Crippen MR) is 121 cm³/mol. The Hall–Kier alpha value is -2.52. The molecule has 0 radical (unpaired) electrons. The molecule has 4 atom stereocenters. The molecule has 0 aromatic heterocycles. The largest absolute Gasteiger partial charge is 0.343 e. The minimum Gasteiger partial charge on any atom is -0.343 e. The molecule has 2 amide bonds. The van der Waals surface area contributed by atoms with E-state index in [-0.39, 0.29) is 49.0 Å². The molecule has 0 aromatic carbocycles. The van der Waals surface area contributed by atoms with Gasteiger partial charge in [0.05, 0.1) is 25.8 Å². The Morgan fingerprint density at radius 3 is 2.64 bits per heavy atom. The van der Waals surface area contributed by atoms with Crippen molar-refractivity contribution in [3.8, 4) is 0 Å². The third-order valence-electron chi connectivity index (χ3n) is 7.51. The molecule has 4 rings (SSSR count). The van der Waals surface area contributed by atoms with Gasteiger partial charge < -0.3 is 19.3 Å². The van der Waals surface area contributed by atoms with Crippen molar-refractivity contribution in [3.63, 3.8) is 0 Å². The summed E-state index contributed by atoms with van der Waals surface area (Å²) >= 11 is 0. The summed E-state index contributed by atoms with van der Waals surface area (Å²) in [7, 11) is 0. The second kappa shape index (κ2) is 9.38. The lowest BCUT2D eigenvalue weighted by molar-refractivity contribution is -0.546. The third kappa shape index (κ3) is 3.81. The smallest absolute Gasteiger partial charge is 0.240 e. The van der Waals surface area contributed by atoms with Gasteiger partial charge in [0.2, 0.25) is 17.9 Å². The topological polar surface area (TPSA) is 102 Å². The highest BCUT2D eigenvalue weighted by Crippen LogP contribution is 2.55. The number of unbranched alkanes of at least 4 members (excludes halogenated alkanes) is 2. The standard InChI is InChI=1S/C24H33N3O6/c1-3-5-6-9-12-25-17-19(27(30)31)20(24(4-2)32-14-15-33-24)23(21(25)28)16-18-11-8-7-10-13-26(18)22(23)29/h3-4,8,11,18-20H,1-2,5-7,9-10,12-17H2/t18-,19-,20+,23+/m0/s1. The average Bonchev–Trinajstić information content (AvgIpc) is 3.30. The molecule has 3 saturated heterocycles. The zero-order valence-electron chi connectivity index (χ0n) is 19.0. The first-order valence-corrected chi connectivity index (χ1v) is 11.8. The number of likely N-dealkylation sites (tertiary alicyclic amines) is 1. The summed E-state index contributed by atoms with van der Waals surface area (Å²) in [5.41, 5.74) is -1.63. The van der Waals surface area contributed by atoms with Crippen LogP contribution in [0.3, 0.4) is 0 Å². The summed E-state index contributed by atoms with van der Waals surface area (Å²) in [5, 5.41) is 12.4. The van der Waals surface area contributed by atoms with Crippen LogP contribution in [0.1, 0.15) is 38.5 Å². The van der Waals surface area contributed by atoms with Crippen LogP contribution < -0.4 is 0 Å². The van der Waals surface area contributed by atoms with Crippen molar-refractivity contribution < 1.29 is 24.0 Å². The van der Waals surface area contributed by atoms with Gasteiger partial charge in [-0.1, -0.05) is 24.8 Å². The number of amides is 2. The van der Waals surface area contributed by atoms with Crippen molar-refractivity contribution in [2.24, 2.45) is 11.3 Å². The number of nitrogens with zero attached hydrogens (tertiary/aromatic N) is 3. The number of carbonyl (C=O) groups is 2. The van der Waals surface area contributed by atoms with Gasteiger partial charge in [0.15, 0.2) is 5.79 Å². The molecule has 0 N–H and O–H groups in total. The van der Waals surface area contributed by atoms with Crippen LogP contribution in [-0.2, 0) is 19.1 Å². The first-order chi connectivity index (χ1) is 15.9. The molecule has 9 heteroatoms. The van der Waals surface area contributed by atoms with Gasteiger partial charge in [-0.3, -0.25) is 19.7 Å². The number of carbonyl (C=O) groups excluding carboxylic acids is 2. The fraction of sp³-hybridized carbons (Fsp3) is 0.667. The van der Waals surface area contributed by atoms with Gasteiger partial charge in [-0.05, 0) is 44.6 Å². The lowest BCUT2D eigenvalue weighted by Gasteiger charge is -2.49. The number of allylic oxidation sites excluding steroid dienone is 2. The molecule has 9 nitrogen and oxygen atoms in total. The Morgan fingerprint density at radius 1 is 1.21 bits per heavy atom. The normalized spacial score (nSPS) is 33.3. The number of hydrogen-bond donors (Lipinski definition) is 0. The van der Waals surface area contributed by atoms with E-state index in [9.17, 15) is 19.7 Å². The Balaban J connectivity index is 1.80. The van der Waals surface area contributed by atoms with Crippen LogP contribution >= 0.6 is 0 Å². The number of rotatable bonds is 8. The summed E-state index contributed by atoms with van der Waals surface area (Å²) in [6.07, 6.45) is 11.3. The fourth-order valence-corrected chi connectivity index (χ4v) is 6.06. The Bertz CT molecular complexity index is 851. The molecule has 3 fully saturated rings. The molecule has 4 aliphatic rings. The molecule has 0 aromatic rings. The molecule has 0 aliphatic carbocycles. The Morgan fingerprint density at radius 2 is 1.97 bits per heavy atom. The highest BCUT2D eigenvalue weighted by molar-refractivity contribution is 6.08.